The predicted molar refractivity (Wildman–Crippen MR) is 126 cm³/mol. The van der Waals surface area contributed by atoms with Gasteiger partial charge in [0.25, 0.3) is 5.91 Å². The lowest BCUT2D eigenvalue weighted by molar-refractivity contribution is 0.102. The van der Waals surface area contributed by atoms with Gasteiger partial charge in [-0.3, -0.25) is 10.1 Å². The Bertz CT molecular complexity index is 1400. The molecule has 1 aliphatic heterocycles. The number of hydrogen-bond donors (Lipinski definition) is 1. The summed E-state index contributed by atoms with van der Waals surface area (Å²) in [5.41, 5.74) is 3.20. The molecule has 2 aromatic heterocycles. The number of sulfonamides is 1. The summed E-state index contributed by atoms with van der Waals surface area (Å²) in [6.45, 7) is 1.18. The number of carbonyl (C=O) groups is 1. The number of fused-ring (bicyclic) bond motifs is 1. The van der Waals surface area contributed by atoms with Crippen LogP contribution < -0.4 is 5.32 Å². The molecule has 0 atom stereocenters. The van der Waals surface area contributed by atoms with Gasteiger partial charge in [0.15, 0.2) is 0 Å². The molecule has 0 spiro atoms. The lowest BCUT2D eigenvalue weighted by atomic mass is 10.0. The van der Waals surface area contributed by atoms with Gasteiger partial charge < -0.3 is 0 Å². The second-order valence-corrected chi connectivity index (χ2v) is 10.5. The molecule has 0 saturated carbocycles. The summed E-state index contributed by atoms with van der Waals surface area (Å²) in [5, 5.41) is 8.52. The zero-order valence-corrected chi connectivity index (χ0v) is 19.2. The highest BCUT2D eigenvalue weighted by molar-refractivity contribution is 7.89. The van der Waals surface area contributed by atoms with Crippen LogP contribution in [0, 0.1) is 0 Å². The Morgan fingerprint density at radius 1 is 1.03 bits per heavy atom. The molecule has 8 nitrogen and oxygen atoms in total. The van der Waals surface area contributed by atoms with E-state index in [0.29, 0.717) is 26.1 Å². The van der Waals surface area contributed by atoms with E-state index < -0.39 is 15.9 Å². The van der Waals surface area contributed by atoms with Gasteiger partial charge in [-0.25, -0.2) is 18.1 Å². The molecule has 4 aromatic rings. The van der Waals surface area contributed by atoms with Crippen LogP contribution in [0.15, 0.2) is 77.3 Å². The first-order valence-electron chi connectivity index (χ1n) is 10.4. The predicted octanol–water partition coefficient (Wildman–Crippen LogP) is 3.39. The molecule has 3 heterocycles. The fourth-order valence-corrected chi connectivity index (χ4v) is 6.55. The lowest BCUT2D eigenvalue weighted by Gasteiger charge is -2.28. The van der Waals surface area contributed by atoms with Gasteiger partial charge in [0.05, 0.1) is 6.54 Å². The number of anilines is 1. The van der Waals surface area contributed by atoms with Gasteiger partial charge in [0.1, 0.15) is 16.1 Å². The number of carbonyl (C=O) groups excluding carboxylic acids is 1. The minimum atomic E-state index is -3.83. The largest absolute Gasteiger partial charge is 0.288 e. The Labute approximate surface area is 195 Å². The van der Waals surface area contributed by atoms with Gasteiger partial charge in [0.2, 0.25) is 16.0 Å². The summed E-state index contributed by atoms with van der Waals surface area (Å²) in [6, 6.07) is 19.1. The van der Waals surface area contributed by atoms with E-state index in [1.54, 1.807) is 10.1 Å². The second kappa shape index (κ2) is 8.89. The quantitative estimate of drug-likeness (QED) is 0.457. The Balaban J connectivity index is 1.32. The van der Waals surface area contributed by atoms with E-state index >= 15 is 0 Å². The number of nitrogens with zero attached hydrogens (tertiary/aromatic N) is 4. The molecule has 1 amide bonds. The fraction of sp³-hybridized carbons (Fsp3) is 0.174. The number of amides is 1. The maximum atomic E-state index is 13.4. The van der Waals surface area contributed by atoms with Crippen molar-refractivity contribution in [1.29, 1.82) is 0 Å². The monoisotopic (exact) mass is 479 g/mol. The van der Waals surface area contributed by atoms with Crippen molar-refractivity contribution in [1.82, 2.24) is 19.1 Å². The zero-order valence-electron chi connectivity index (χ0n) is 17.6. The molecule has 0 radical (unpaired) electrons. The number of rotatable bonds is 6. The average molecular weight is 480 g/mol. The van der Waals surface area contributed by atoms with Gasteiger partial charge in [-0.05, 0) is 34.6 Å². The first kappa shape index (κ1) is 21.5. The summed E-state index contributed by atoms with van der Waals surface area (Å²) in [6.07, 6.45) is 2.17. The molecular formula is C23H21N5O3S2. The van der Waals surface area contributed by atoms with Crippen LogP contribution in [0.25, 0.3) is 0 Å². The normalized spacial score (nSPS) is 14.1. The molecular weight excluding hydrogens is 458 g/mol. The number of nitrogens with one attached hydrogen (secondary N) is 1. The topological polar surface area (TPSA) is 97.2 Å². The smallest absolute Gasteiger partial charge is 0.269 e. The molecule has 1 aliphatic rings. The first-order valence-corrected chi connectivity index (χ1v) is 12.7. The Morgan fingerprint density at radius 3 is 2.61 bits per heavy atom. The van der Waals surface area contributed by atoms with Crippen molar-refractivity contribution >= 4 is 33.2 Å². The zero-order chi connectivity index (χ0) is 22.8. The van der Waals surface area contributed by atoms with Crippen molar-refractivity contribution in [2.75, 3.05) is 11.9 Å². The van der Waals surface area contributed by atoms with E-state index in [-0.39, 0.29) is 15.7 Å². The summed E-state index contributed by atoms with van der Waals surface area (Å²) >= 11 is 1.08. The van der Waals surface area contributed by atoms with E-state index in [2.05, 4.69) is 15.4 Å². The van der Waals surface area contributed by atoms with Crippen molar-refractivity contribution in [2.45, 2.75) is 24.4 Å². The molecule has 0 bridgehead atoms. The molecule has 0 fully saturated rings. The van der Waals surface area contributed by atoms with Crippen LogP contribution in [0.1, 0.15) is 26.4 Å². The summed E-state index contributed by atoms with van der Waals surface area (Å²) < 4.78 is 29.8. The van der Waals surface area contributed by atoms with Gasteiger partial charge in [-0.2, -0.15) is 4.31 Å². The highest BCUT2D eigenvalue weighted by Crippen LogP contribution is 2.29. The van der Waals surface area contributed by atoms with Gasteiger partial charge >= 0.3 is 0 Å². The fourth-order valence-electron chi connectivity index (χ4n) is 3.84. The molecule has 0 saturated heterocycles. The molecule has 33 heavy (non-hydrogen) atoms. The number of benzene rings is 2. The van der Waals surface area contributed by atoms with Gasteiger partial charge in [-0.1, -0.05) is 54.6 Å². The molecule has 5 rings (SSSR count). The van der Waals surface area contributed by atoms with Gasteiger partial charge in [0, 0.05) is 13.1 Å². The summed E-state index contributed by atoms with van der Waals surface area (Å²) in [4.78, 5) is 17.2. The molecule has 0 aliphatic carbocycles. The first-order chi connectivity index (χ1) is 16.0. The third-order valence-corrected chi connectivity index (χ3v) is 8.43. The van der Waals surface area contributed by atoms with E-state index in [9.17, 15) is 13.2 Å². The van der Waals surface area contributed by atoms with Crippen LogP contribution in [0.3, 0.4) is 0 Å². The van der Waals surface area contributed by atoms with Crippen LogP contribution in [-0.4, -0.2) is 39.9 Å². The molecule has 168 valence electrons. The van der Waals surface area contributed by atoms with Crippen molar-refractivity contribution in [3.8, 4) is 0 Å². The van der Waals surface area contributed by atoms with Crippen molar-refractivity contribution in [3.05, 3.63) is 93.9 Å². The highest BCUT2D eigenvalue weighted by atomic mass is 32.2. The third kappa shape index (κ3) is 4.45. The van der Waals surface area contributed by atoms with Crippen LogP contribution in [0.5, 0.6) is 0 Å². The van der Waals surface area contributed by atoms with E-state index in [1.807, 2.05) is 54.6 Å². The Hall–Kier alpha value is -3.34. The highest BCUT2D eigenvalue weighted by Gasteiger charge is 2.32. The van der Waals surface area contributed by atoms with E-state index in [4.69, 9.17) is 0 Å². The lowest BCUT2D eigenvalue weighted by Crippen LogP contribution is -2.36. The van der Waals surface area contributed by atoms with E-state index in [1.165, 1.54) is 16.7 Å². The standard InChI is InChI=1S/C23H21N5O3S2/c29-22(25-23-24-16-27(26-23)14-17-6-2-1-3-7-17)21-20(11-13-32-21)33(30,31)28-12-10-18-8-4-5-9-19(18)15-28/h1-9,11,13,16H,10,12,14-15H2,(H,25,26,29). The number of thiophene rings is 1. The Morgan fingerprint density at radius 2 is 1.79 bits per heavy atom. The Kier molecular flexibility index (Phi) is 5.79. The molecule has 0 unspecified atom stereocenters. The molecule has 1 N–H and O–H groups in total. The second-order valence-electron chi connectivity index (χ2n) is 7.68. The van der Waals surface area contributed by atoms with E-state index in [0.717, 1.165) is 28.0 Å². The average Bonchev–Trinajstić information content (AvgIpc) is 3.50. The van der Waals surface area contributed by atoms with Crippen molar-refractivity contribution in [3.63, 3.8) is 0 Å². The number of aromatic nitrogens is 3. The third-order valence-electron chi connectivity index (χ3n) is 5.50. The maximum Gasteiger partial charge on any atom is 0.269 e. The molecule has 2 aromatic carbocycles. The van der Waals surface area contributed by atoms with Crippen LogP contribution in [0.2, 0.25) is 0 Å². The van der Waals surface area contributed by atoms with Crippen LogP contribution >= 0.6 is 11.3 Å². The maximum absolute atomic E-state index is 13.4. The SMILES string of the molecule is O=C(Nc1ncn(Cc2ccccc2)n1)c1sccc1S(=O)(=O)N1CCc2ccccc2C1. The number of hydrogen-bond acceptors (Lipinski definition) is 6. The van der Waals surface area contributed by atoms with Crippen LogP contribution in [0.4, 0.5) is 5.95 Å². The summed E-state index contributed by atoms with van der Waals surface area (Å²) in [7, 11) is -3.83. The van der Waals surface area contributed by atoms with Crippen molar-refractivity contribution in [2.24, 2.45) is 0 Å². The minimum absolute atomic E-state index is 0.00750. The summed E-state index contributed by atoms with van der Waals surface area (Å²) in [5.74, 6) is -0.418. The van der Waals surface area contributed by atoms with Crippen LogP contribution in [-0.2, 0) is 29.5 Å². The van der Waals surface area contributed by atoms with Gasteiger partial charge in [-0.15, -0.1) is 16.4 Å². The minimum Gasteiger partial charge on any atom is -0.288 e. The molecule has 10 heteroatoms. The van der Waals surface area contributed by atoms with Crippen molar-refractivity contribution < 1.29 is 13.2 Å².